The Morgan fingerprint density at radius 3 is 2.07 bits per heavy atom. The van der Waals surface area contributed by atoms with Crippen LogP contribution in [0.4, 0.5) is 27.9 Å². The van der Waals surface area contributed by atoms with Crippen LogP contribution in [0.3, 0.4) is 0 Å². The Morgan fingerprint density at radius 1 is 0.905 bits per heavy atom. The third kappa shape index (κ3) is 6.24. The number of methoxy groups -OCH3 is 2. The van der Waals surface area contributed by atoms with Crippen LogP contribution in [0, 0.1) is 0 Å². The van der Waals surface area contributed by atoms with E-state index in [2.05, 4.69) is 44.2 Å². The van der Waals surface area contributed by atoms with Gasteiger partial charge in [-0.2, -0.15) is 4.98 Å². The second kappa shape index (κ2) is 11.9. The number of aromatic nitrogens is 2. The molecule has 1 N–H and O–H groups in total. The quantitative estimate of drug-likeness (QED) is 0.272. The summed E-state index contributed by atoms with van der Waals surface area (Å²) in [5.74, 6) is 2.64. The zero-order chi connectivity index (χ0) is 30.1. The van der Waals surface area contributed by atoms with Gasteiger partial charge in [0.25, 0.3) is 0 Å². The molecule has 42 heavy (non-hydrogen) atoms. The second-order valence-corrected chi connectivity index (χ2v) is 17.4. The van der Waals surface area contributed by atoms with Crippen molar-refractivity contribution >= 4 is 37.5 Å². The molecule has 1 aliphatic carbocycles. The molecular weight excluding hydrogens is 546 g/mol. The fraction of sp³-hybridized carbons (Fsp3) is 0.469. The normalized spacial score (nSPS) is 19.4. The second-order valence-electron chi connectivity index (χ2n) is 12.6. The highest BCUT2D eigenvalue weighted by molar-refractivity contribution is 6.74. The SMILES string of the molecule is COc1ccc(Nc2ncc3c(n2)N([C@H]2CC[C@H](O[Si](C)(C)C(C)(C)C)CC2)C(=O)N(c2ccc(OC)cc2)C3)cc1. The lowest BCUT2D eigenvalue weighted by molar-refractivity contribution is 0.129. The Kier molecular flexibility index (Phi) is 8.48. The molecule has 3 aromatic rings. The van der Waals surface area contributed by atoms with Gasteiger partial charge in [0, 0.05) is 35.3 Å². The minimum absolute atomic E-state index is 0.0142. The molecule has 0 atom stereocenters. The van der Waals surface area contributed by atoms with Crippen LogP contribution in [0.25, 0.3) is 0 Å². The van der Waals surface area contributed by atoms with E-state index in [9.17, 15) is 4.79 Å². The lowest BCUT2D eigenvalue weighted by Crippen LogP contribution is -2.54. The van der Waals surface area contributed by atoms with Crippen LogP contribution in [0.15, 0.2) is 54.7 Å². The minimum Gasteiger partial charge on any atom is -0.497 e. The number of nitrogens with one attached hydrogen (secondary N) is 1. The Balaban J connectivity index is 1.42. The maximum Gasteiger partial charge on any atom is 0.330 e. The monoisotopic (exact) mass is 589 g/mol. The maximum atomic E-state index is 14.2. The molecule has 1 saturated carbocycles. The molecule has 0 bridgehead atoms. The number of carbonyl (C=O) groups is 1. The summed E-state index contributed by atoms with van der Waals surface area (Å²) in [6, 6.07) is 15.1. The summed E-state index contributed by atoms with van der Waals surface area (Å²) in [5, 5.41) is 3.45. The van der Waals surface area contributed by atoms with E-state index in [-0.39, 0.29) is 23.2 Å². The summed E-state index contributed by atoms with van der Waals surface area (Å²) < 4.78 is 17.4. The summed E-state index contributed by atoms with van der Waals surface area (Å²) in [6.07, 6.45) is 5.59. The molecule has 224 valence electrons. The van der Waals surface area contributed by atoms with Crippen LogP contribution in [0.5, 0.6) is 11.5 Å². The van der Waals surface area contributed by atoms with Crippen molar-refractivity contribution in [3.05, 3.63) is 60.3 Å². The van der Waals surface area contributed by atoms with Crippen LogP contribution in [0.2, 0.25) is 18.1 Å². The number of nitrogens with zero attached hydrogens (tertiary/aromatic N) is 4. The maximum absolute atomic E-state index is 14.2. The Bertz CT molecular complexity index is 1380. The molecule has 5 rings (SSSR count). The van der Waals surface area contributed by atoms with Crippen molar-refractivity contribution in [1.82, 2.24) is 9.97 Å². The molecule has 2 aliphatic rings. The number of hydrogen-bond donors (Lipinski definition) is 1. The van der Waals surface area contributed by atoms with Crippen LogP contribution in [-0.4, -0.2) is 50.7 Å². The van der Waals surface area contributed by atoms with Crippen LogP contribution >= 0.6 is 0 Å². The predicted molar refractivity (Wildman–Crippen MR) is 170 cm³/mol. The van der Waals surface area contributed by atoms with Gasteiger partial charge in [0.2, 0.25) is 5.95 Å². The average Bonchev–Trinajstić information content (AvgIpc) is 2.97. The minimum atomic E-state index is -1.87. The van der Waals surface area contributed by atoms with Gasteiger partial charge in [-0.3, -0.25) is 9.80 Å². The highest BCUT2D eigenvalue weighted by atomic mass is 28.4. The number of carbonyl (C=O) groups excluding carboxylic acids is 1. The number of benzene rings is 2. The van der Waals surface area contributed by atoms with E-state index in [1.165, 1.54) is 0 Å². The Morgan fingerprint density at radius 2 is 1.50 bits per heavy atom. The number of ether oxygens (including phenoxy) is 2. The van der Waals surface area contributed by atoms with E-state index in [0.717, 1.165) is 54.1 Å². The fourth-order valence-electron chi connectivity index (χ4n) is 5.35. The van der Waals surface area contributed by atoms with E-state index < -0.39 is 8.32 Å². The van der Waals surface area contributed by atoms with Gasteiger partial charge < -0.3 is 19.2 Å². The number of amides is 2. The smallest absolute Gasteiger partial charge is 0.330 e. The van der Waals surface area contributed by atoms with Gasteiger partial charge in [-0.15, -0.1) is 0 Å². The van der Waals surface area contributed by atoms with Crippen molar-refractivity contribution in [1.29, 1.82) is 0 Å². The first-order chi connectivity index (χ1) is 20.0. The molecular formula is C32H43N5O4Si. The first-order valence-electron chi connectivity index (χ1n) is 14.7. The van der Waals surface area contributed by atoms with E-state index in [4.69, 9.17) is 18.9 Å². The third-order valence-electron chi connectivity index (χ3n) is 8.84. The molecule has 0 radical (unpaired) electrons. The number of urea groups is 1. The highest BCUT2D eigenvalue weighted by Crippen LogP contribution is 2.41. The third-order valence-corrected chi connectivity index (χ3v) is 13.4. The van der Waals surface area contributed by atoms with Gasteiger partial charge >= 0.3 is 6.03 Å². The van der Waals surface area contributed by atoms with Crippen molar-refractivity contribution in [3.63, 3.8) is 0 Å². The summed E-state index contributed by atoms with van der Waals surface area (Å²) >= 11 is 0. The molecule has 10 heteroatoms. The molecule has 2 amide bonds. The summed E-state index contributed by atoms with van der Waals surface area (Å²) in [6.45, 7) is 11.8. The zero-order valence-corrected chi connectivity index (χ0v) is 26.8. The molecule has 9 nitrogen and oxygen atoms in total. The molecule has 1 aliphatic heterocycles. The fourth-order valence-corrected chi connectivity index (χ4v) is 6.77. The van der Waals surface area contributed by atoms with E-state index in [1.54, 1.807) is 19.1 Å². The van der Waals surface area contributed by atoms with E-state index in [0.29, 0.717) is 18.3 Å². The summed E-state index contributed by atoms with van der Waals surface area (Å²) in [5.41, 5.74) is 2.56. The number of rotatable bonds is 8. The molecule has 2 heterocycles. The predicted octanol–water partition coefficient (Wildman–Crippen LogP) is 7.52. The summed E-state index contributed by atoms with van der Waals surface area (Å²) in [7, 11) is 1.41. The van der Waals surface area contributed by atoms with E-state index >= 15 is 0 Å². The molecule has 2 aromatic carbocycles. The molecule has 1 fully saturated rings. The zero-order valence-electron chi connectivity index (χ0n) is 25.8. The van der Waals surface area contributed by atoms with Crippen LogP contribution < -0.4 is 24.6 Å². The average molecular weight is 590 g/mol. The standard InChI is InChI=1S/C32H43N5O4Si/c1-32(2,3)42(6,7)41-28-18-12-25(13-19-28)37-29-22(21-36(31(37)38)24-10-16-27(40-5)17-11-24)20-33-30(35-29)34-23-8-14-26(39-4)15-9-23/h8-11,14-17,20,25,28H,12-13,18-19,21H2,1-7H3,(H,33,34,35)/t25-,28-. The van der Waals surface area contributed by atoms with E-state index in [1.807, 2.05) is 59.6 Å². The van der Waals surface area contributed by atoms with Crippen molar-refractivity contribution < 1.29 is 18.7 Å². The van der Waals surface area contributed by atoms with Crippen molar-refractivity contribution in [2.24, 2.45) is 0 Å². The van der Waals surface area contributed by atoms with Gasteiger partial charge in [-0.25, -0.2) is 9.78 Å². The molecule has 0 saturated heterocycles. The molecule has 1 aromatic heterocycles. The van der Waals surface area contributed by atoms with Gasteiger partial charge in [-0.1, -0.05) is 20.8 Å². The Labute approximate surface area is 250 Å². The molecule has 0 spiro atoms. The number of fused-ring (bicyclic) bond motifs is 1. The Hall–Kier alpha value is -3.63. The number of hydrogen-bond acceptors (Lipinski definition) is 7. The van der Waals surface area contributed by atoms with Crippen LogP contribution in [0.1, 0.15) is 52.0 Å². The van der Waals surface area contributed by atoms with Gasteiger partial charge in [0.05, 0.1) is 20.8 Å². The van der Waals surface area contributed by atoms with Crippen LogP contribution in [-0.2, 0) is 11.0 Å². The van der Waals surface area contributed by atoms with Gasteiger partial charge in [0.15, 0.2) is 8.32 Å². The van der Waals surface area contributed by atoms with Gasteiger partial charge in [0.1, 0.15) is 17.3 Å². The highest BCUT2D eigenvalue weighted by Gasteiger charge is 2.42. The van der Waals surface area contributed by atoms with Crippen molar-refractivity contribution in [2.45, 2.75) is 83.3 Å². The topological polar surface area (TPSA) is 89.1 Å². The molecule has 0 unspecified atom stereocenters. The largest absolute Gasteiger partial charge is 0.497 e. The lowest BCUT2D eigenvalue weighted by atomic mass is 9.91. The first-order valence-corrected chi connectivity index (χ1v) is 17.6. The van der Waals surface area contributed by atoms with Crippen molar-refractivity contribution in [3.8, 4) is 11.5 Å². The first kappa shape index (κ1) is 29.8. The number of anilines is 4. The summed E-state index contributed by atoms with van der Waals surface area (Å²) in [4.78, 5) is 27.4. The van der Waals surface area contributed by atoms with Crippen molar-refractivity contribution in [2.75, 3.05) is 29.3 Å². The lowest BCUT2D eigenvalue weighted by Gasteiger charge is -2.44. The van der Waals surface area contributed by atoms with Gasteiger partial charge in [-0.05, 0) is 92.3 Å².